The highest BCUT2D eigenvalue weighted by atomic mass is 35.5. The number of imide groups is 1. The highest BCUT2D eigenvalue weighted by Gasteiger charge is 2.58. The normalized spacial score (nSPS) is 19.0. The van der Waals surface area contributed by atoms with Crippen molar-refractivity contribution in [2.45, 2.75) is 19.0 Å². The molecular formula is C26H19Cl4N3O3. The SMILES string of the molecule is Cc1ccc(N2C(=O)C(N3C(=O)c4c(Cl)c(Cl)c(Cl)c(Cl)c4C3=O)C2c2ccc(N(C)C)cc2)cc1. The molecular weight excluding hydrogens is 544 g/mol. The Bertz CT molecular complexity index is 1390. The molecule has 0 bridgehead atoms. The number of aryl methyl sites for hydroxylation is 1. The molecule has 0 aromatic heterocycles. The summed E-state index contributed by atoms with van der Waals surface area (Å²) in [5.41, 5.74) is 3.12. The molecule has 6 nitrogen and oxygen atoms in total. The molecule has 5 rings (SSSR count). The second-order valence-corrected chi connectivity index (χ2v) is 10.4. The predicted octanol–water partition coefficient (Wildman–Crippen LogP) is 6.43. The van der Waals surface area contributed by atoms with Gasteiger partial charge in [0.05, 0.1) is 37.3 Å². The van der Waals surface area contributed by atoms with Gasteiger partial charge < -0.3 is 9.80 Å². The standard InChI is InChI=1S/C26H19Cl4N3O3/c1-12-4-8-15(9-5-12)32-22(13-6-10-14(11-7-13)31(2)3)23(26(32)36)33-24(34)16-17(25(33)35)19(28)21(30)20(29)18(16)27/h4-11,22-23H,1-3H3. The van der Waals surface area contributed by atoms with Gasteiger partial charge in [0.25, 0.3) is 17.7 Å². The molecule has 0 N–H and O–H groups in total. The van der Waals surface area contributed by atoms with Gasteiger partial charge in [0, 0.05) is 25.5 Å². The lowest BCUT2D eigenvalue weighted by Crippen LogP contribution is -2.67. The minimum atomic E-state index is -1.10. The lowest BCUT2D eigenvalue weighted by molar-refractivity contribution is -0.130. The molecule has 0 saturated carbocycles. The Hall–Kier alpha value is -2.77. The van der Waals surface area contributed by atoms with Gasteiger partial charge in [-0.3, -0.25) is 19.3 Å². The third-order valence-corrected chi connectivity index (χ3v) is 8.34. The molecule has 2 unspecified atom stereocenters. The number of hydrogen-bond donors (Lipinski definition) is 0. The lowest BCUT2D eigenvalue weighted by atomic mass is 9.86. The summed E-state index contributed by atoms with van der Waals surface area (Å²) in [4.78, 5) is 45.1. The van der Waals surface area contributed by atoms with Crippen LogP contribution in [0, 0.1) is 6.92 Å². The van der Waals surface area contributed by atoms with E-state index in [4.69, 9.17) is 46.4 Å². The van der Waals surface area contributed by atoms with Crippen LogP contribution in [0.3, 0.4) is 0 Å². The summed E-state index contributed by atoms with van der Waals surface area (Å²) < 4.78 is 0. The number of amides is 3. The van der Waals surface area contributed by atoms with Crippen LogP contribution in [0.4, 0.5) is 11.4 Å². The first-order chi connectivity index (χ1) is 17.0. The molecule has 2 aliphatic rings. The topological polar surface area (TPSA) is 60.9 Å². The number of carbonyl (C=O) groups is 3. The molecule has 36 heavy (non-hydrogen) atoms. The van der Waals surface area contributed by atoms with Gasteiger partial charge in [0.1, 0.15) is 6.04 Å². The molecule has 3 amide bonds. The summed E-state index contributed by atoms with van der Waals surface area (Å²) >= 11 is 24.9. The van der Waals surface area contributed by atoms with E-state index in [0.717, 1.165) is 21.7 Å². The Balaban J connectivity index is 1.62. The summed E-state index contributed by atoms with van der Waals surface area (Å²) in [7, 11) is 3.84. The van der Waals surface area contributed by atoms with Crippen LogP contribution >= 0.6 is 46.4 Å². The van der Waals surface area contributed by atoms with E-state index in [1.54, 1.807) is 4.90 Å². The van der Waals surface area contributed by atoms with E-state index >= 15 is 0 Å². The van der Waals surface area contributed by atoms with Crippen LogP contribution in [-0.4, -0.2) is 42.8 Å². The van der Waals surface area contributed by atoms with Crippen molar-refractivity contribution in [1.82, 2.24) is 4.90 Å². The number of fused-ring (bicyclic) bond motifs is 1. The molecule has 2 aliphatic heterocycles. The Kier molecular flexibility index (Phi) is 6.20. The minimum Gasteiger partial charge on any atom is -0.378 e. The summed E-state index contributed by atoms with van der Waals surface area (Å²) in [5.74, 6) is -1.88. The Labute approximate surface area is 227 Å². The maximum Gasteiger partial charge on any atom is 0.264 e. The van der Waals surface area contributed by atoms with Gasteiger partial charge in [0.15, 0.2) is 0 Å². The van der Waals surface area contributed by atoms with Crippen molar-refractivity contribution >= 4 is 75.5 Å². The molecule has 0 radical (unpaired) electrons. The fraction of sp³-hybridized carbons (Fsp3) is 0.192. The van der Waals surface area contributed by atoms with E-state index in [2.05, 4.69) is 0 Å². The Morgan fingerprint density at radius 1 is 0.667 bits per heavy atom. The number of hydrogen-bond acceptors (Lipinski definition) is 4. The molecule has 3 aromatic carbocycles. The van der Waals surface area contributed by atoms with Crippen molar-refractivity contribution in [2.75, 3.05) is 23.9 Å². The van der Waals surface area contributed by atoms with Crippen LogP contribution in [0.25, 0.3) is 0 Å². The molecule has 2 heterocycles. The first-order valence-corrected chi connectivity index (χ1v) is 12.5. The number of anilines is 2. The van der Waals surface area contributed by atoms with Crippen molar-refractivity contribution in [3.8, 4) is 0 Å². The van der Waals surface area contributed by atoms with Crippen LogP contribution in [0.1, 0.15) is 37.9 Å². The zero-order valence-corrected chi connectivity index (χ0v) is 22.4. The zero-order chi connectivity index (χ0) is 26.0. The van der Waals surface area contributed by atoms with Crippen LogP contribution in [0.15, 0.2) is 48.5 Å². The van der Waals surface area contributed by atoms with Gasteiger partial charge in [-0.15, -0.1) is 0 Å². The fourth-order valence-electron chi connectivity index (χ4n) is 4.64. The number of carbonyl (C=O) groups excluding carboxylic acids is 3. The molecule has 0 aliphatic carbocycles. The first-order valence-electron chi connectivity index (χ1n) is 11.0. The number of halogens is 4. The van der Waals surface area contributed by atoms with Crippen molar-refractivity contribution in [3.05, 3.63) is 90.9 Å². The van der Waals surface area contributed by atoms with E-state index in [-0.39, 0.29) is 31.2 Å². The molecule has 184 valence electrons. The Morgan fingerprint density at radius 3 is 1.64 bits per heavy atom. The zero-order valence-electron chi connectivity index (χ0n) is 19.4. The highest BCUT2D eigenvalue weighted by Crippen LogP contribution is 2.49. The quantitative estimate of drug-likeness (QED) is 0.159. The van der Waals surface area contributed by atoms with Gasteiger partial charge in [0.2, 0.25) is 0 Å². The van der Waals surface area contributed by atoms with E-state index in [0.29, 0.717) is 5.69 Å². The van der Waals surface area contributed by atoms with Crippen molar-refractivity contribution < 1.29 is 14.4 Å². The van der Waals surface area contributed by atoms with Crippen molar-refractivity contribution in [1.29, 1.82) is 0 Å². The fourth-order valence-corrected chi connectivity index (χ4v) is 5.65. The molecule has 2 atom stereocenters. The molecule has 10 heteroatoms. The average Bonchev–Trinajstić information content (AvgIpc) is 3.11. The number of benzene rings is 3. The van der Waals surface area contributed by atoms with Crippen molar-refractivity contribution in [2.24, 2.45) is 0 Å². The van der Waals surface area contributed by atoms with E-state index in [1.807, 2.05) is 74.4 Å². The minimum absolute atomic E-state index is 0.123. The molecule has 1 saturated heterocycles. The monoisotopic (exact) mass is 561 g/mol. The van der Waals surface area contributed by atoms with Crippen LogP contribution in [0.5, 0.6) is 0 Å². The second kappa shape index (κ2) is 8.96. The summed E-state index contributed by atoms with van der Waals surface area (Å²) in [6.45, 7) is 1.95. The maximum absolute atomic E-state index is 13.6. The third-order valence-electron chi connectivity index (χ3n) is 6.54. The number of β-lactam (4-membered cyclic amide) rings is 1. The van der Waals surface area contributed by atoms with E-state index < -0.39 is 29.8 Å². The molecule has 3 aromatic rings. The van der Waals surface area contributed by atoms with Gasteiger partial charge >= 0.3 is 0 Å². The second-order valence-electron chi connectivity index (χ2n) is 8.91. The smallest absolute Gasteiger partial charge is 0.264 e. The number of rotatable bonds is 4. The van der Waals surface area contributed by atoms with Gasteiger partial charge in [-0.1, -0.05) is 76.2 Å². The summed E-state index contributed by atoms with van der Waals surface area (Å²) in [5, 5.41) is -0.587. The summed E-state index contributed by atoms with van der Waals surface area (Å²) in [6.07, 6.45) is 0. The number of nitrogens with zero attached hydrogens (tertiary/aromatic N) is 3. The van der Waals surface area contributed by atoms with Gasteiger partial charge in [-0.05, 0) is 36.8 Å². The van der Waals surface area contributed by atoms with E-state index in [9.17, 15) is 14.4 Å². The maximum atomic E-state index is 13.6. The Morgan fingerprint density at radius 2 is 1.17 bits per heavy atom. The average molecular weight is 563 g/mol. The lowest BCUT2D eigenvalue weighted by Gasteiger charge is -2.49. The first kappa shape index (κ1) is 24.9. The molecule has 1 fully saturated rings. The molecule has 0 spiro atoms. The van der Waals surface area contributed by atoms with Gasteiger partial charge in [-0.2, -0.15) is 0 Å². The van der Waals surface area contributed by atoms with Crippen molar-refractivity contribution in [3.63, 3.8) is 0 Å². The largest absolute Gasteiger partial charge is 0.378 e. The van der Waals surface area contributed by atoms with Gasteiger partial charge in [-0.25, -0.2) is 0 Å². The van der Waals surface area contributed by atoms with E-state index in [1.165, 1.54) is 0 Å². The van der Waals surface area contributed by atoms with Crippen LogP contribution in [-0.2, 0) is 4.79 Å². The predicted molar refractivity (Wildman–Crippen MR) is 143 cm³/mol. The third kappa shape index (κ3) is 3.58. The van der Waals surface area contributed by atoms with Crippen LogP contribution in [0.2, 0.25) is 20.1 Å². The highest BCUT2D eigenvalue weighted by molar-refractivity contribution is 6.55. The summed E-state index contributed by atoms with van der Waals surface area (Å²) in [6, 6.07) is 13.3. The van der Waals surface area contributed by atoms with Crippen LogP contribution < -0.4 is 9.80 Å².